The van der Waals surface area contributed by atoms with Gasteiger partial charge in [-0.05, 0) is 96.5 Å². The highest BCUT2D eigenvalue weighted by Crippen LogP contribution is 2.17. The van der Waals surface area contributed by atoms with Gasteiger partial charge < -0.3 is 52.3 Å². The van der Waals surface area contributed by atoms with Crippen molar-refractivity contribution in [1.82, 2.24) is 26.6 Å². The molecule has 0 aliphatic carbocycles. The average molecular weight is 812 g/mol. The van der Waals surface area contributed by atoms with Crippen molar-refractivity contribution in [2.24, 2.45) is 17.4 Å². The summed E-state index contributed by atoms with van der Waals surface area (Å²) >= 11 is 0. The third-order valence-electron chi connectivity index (χ3n) is 8.02. The number of rotatable bonds is 20. The summed E-state index contributed by atoms with van der Waals surface area (Å²) in [6.07, 6.45) is -1.03. The van der Waals surface area contributed by atoms with E-state index in [2.05, 4.69) is 26.6 Å². The maximum Gasteiger partial charge on any atom is 0.514 e. The fourth-order valence-corrected chi connectivity index (χ4v) is 5.40. The second kappa shape index (κ2) is 22.9. The predicted molar refractivity (Wildman–Crippen MR) is 216 cm³/mol. The molecule has 0 spiro atoms. The van der Waals surface area contributed by atoms with Crippen molar-refractivity contribution in [3.05, 3.63) is 65.7 Å². The Kier molecular flexibility index (Phi) is 19.1. The summed E-state index contributed by atoms with van der Waals surface area (Å²) in [7, 11) is 0. The highest BCUT2D eigenvalue weighted by Gasteiger charge is 2.30. The van der Waals surface area contributed by atoms with Crippen molar-refractivity contribution in [2.75, 3.05) is 13.1 Å². The minimum Gasteiger partial charge on any atom is -0.444 e. The zero-order chi connectivity index (χ0) is 43.6. The number of carbonyl (C=O) groups excluding carboxylic acids is 7. The molecular formula is C41H61N7O10. The van der Waals surface area contributed by atoms with Crippen LogP contribution in [0.15, 0.2) is 54.6 Å². The van der Waals surface area contributed by atoms with Gasteiger partial charge in [-0.15, -0.1) is 0 Å². The van der Waals surface area contributed by atoms with Gasteiger partial charge in [-0.3, -0.25) is 24.0 Å². The van der Waals surface area contributed by atoms with Crippen molar-refractivity contribution in [2.45, 2.75) is 123 Å². The maximum atomic E-state index is 13.8. The zero-order valence-electron chi connectivity index (χ0n) is 34.8. The number of nitrogens with two attached hydrogens (primary N) is 2. The lowest BCUT2D eigenvalue weighted by atomic mass is 10.0. The largest absolute Gasteiger partial charge is 0.514 e. The monoisotopic (exact) mass is 811 g/mol. The standard InChI is InChI=1S/C41H61N7O10/c1-25(2)21-30(34(43)50)47-36(52)31(22-26-13-10-9-11-14-26)45-33(49)24-44-35(51)29(15-12-20-42)46-37(53)32(48-38(54)57-40(3,4)5)23-27-16-18-28(19-17-27)56-39(55)58-41(6,7)8/h9-11,13-14,16-19,25,29-32H,12,15,20-24,42H2,1-8H3,(H2,43,50)(H,44,51)(H,45,49)(H,46,53)(H,47,52)(H,48,54)/t29-,30+,31+,32+/m1/s1. The van der Waals surface area contributed by atoms with Crippen LogP contribution in [0.5, 0.6) is 5.75 Å². The van der Waals surface area contributed by atoms with E-state index in [1.807, 2.05) is 13.8 Å². The Morgan fingerprint density at radius 3 is 1.71 bits per heavy atom. The number of primary amides is 1. The summed E-state index contributed by atoms with van der Waals surface area (Å²) in [4.78, 5) is 90.8. The second-order valence-corrected chi connectivity index (χ2v) is 16.2. The van der Waals surface area contributed by atoms with Gasteiger partial charge in [0.2, 0.25) is 29.5 Å². The molecule has 0 unspecified atom stereocenters. The molecule has 0 heterocycles. The smallest absolute Gasteiger partial charge is 0.444 e. The molecule has 9 N–H and O–H groups in total. The Morgan fingerprint density at radius 1 is 0.655 bits per heavy atom. The SMILES string of the molecule is CC(C)C[C@H](NC(=O)[C@H](Cc1ccccc1)NC(=O)CNC(=O)[C@@H](CCCN)NC(=O)[C@H](Cc1ccc(OC(=O)OC(C)(C)C)cc1)NC(=O)OC(C)(C)C)C(N)=O. The first-order valence-electron chi connectivity index (χ1n) is 19.3. The molecule has 320 valence electrons. The quantitative estimate of drug-likeness (QED) is 0.0755. The molecule has 6 amide bonds. The van der Waals surface area contributed by atoms with Crippen LogP contribution < -0.4 is 42.8 Å². The van der Waals surface area contributed by atoms with E-state index in [0.717, 1.165) is 5.56 Å². The molecule has 17 heteroatoms. The molecule has 0 bridgehead atoms. The molecule has 0 saturated heterocycles. The van der Waals surface area contributed by atoms with E-state index in [0.29, 0.717) is 18.4 Å². The zero-order valence-corrected chi connectivity index (χ0v) is 34.8. The van der Waals surface area contributed by atoms with Crippen LogP contribution >= 0.6 is 0 Å². The van der Waals surface area contributed by atoms with Crippen molar-refractivity contribution in [3.63, 3.8) is 0 Å². The van der Waals surface area contributed by atoms with Crippen molar-refractivity contribution >= 4 is 41.8 Å². The van der Waals surface area contributed by atoms with Crippen LogP contribution in [0, 0.1) is 5.92 Å². The first kappa shape index (κ1) is 48.4. The summed E-state index contributed by atoms with van der Waals surface area (Å²) in [6.45, 7) is 13.5. The van der Waals surface area contributed by atoms with Gasteiger partial charge in [-0.25, -0.2) is 9.59 Å². The molecule has 0 fully saturated rings. The summed E-state index contributed by atoms with van der Waals surface area (Å²) in [5.74, 6) is -3.26. The Hall–Kier alpha value is -5.71. The van der Waals surface area contributed by atoms with E-state index < -0.39 is 83.7 Å². The Balaban J connectivity index is 2.21. The number of nitrogens with one attached hydrogen (secondary N) is 5. The minimum atomic E-state index is -1.24. The van der Waals surface area contributed by atoms with E-state index in [1.54, 1.807) is 84.0 Å². The molecule has 17 nitrogen and oxygen atoms in total. The van der Waals surface area contributed by atoms with E-state index in [-0.39, 0.29) is 37.5 Å². The van der Waals surface area contributed by atoms with Gasteiger partial charge in [0, 0.05) is 12.8 Å². The van der Waals surface area contributed by atoms with Crippen LogP contribution in [0.2, 0.25) is 0 Å². The molecule has 0 aromatic heterocycles. The number of hydrogen-bond acceptors (Lipinski definition) is 11. The molecule has 0 aliphatic heterocycles. The van der Waals surface area contributed by atoms with Crippen LogP contribution in [-0.2, 0) is 46.3 Å². The Bertz CT molecular complexity index is 1690. The average Bonchev–Trinajstić information content (AvgIpc) is 3.10. The molecular weight excluding hydrogens is 750 g/mol. The normalized spacial score (nSPS) is 13.5. The molecule has 0 radical (unpaired) electrons. The van der Waals surface area contributed by atoms with Crippen molar-refractivity contribution < 1.29 is 47.8 Å². The van der Waals surface area contributed by atoms with Crippen LogP contribution in [0.25, 0.3) is 0 Å². The lowest BCUT2D eigenvalue weighted by Crippen LogP contribution is -2.57. The van der Waals surface area contributed by atoms with Gasteiger partial charge in [-0.2, -0.15) is 0 Å². The molecule has 2 aromatic rings. The number of benzene rings is 2. The number of ether oxygens (including phenoxy) is 3. The van der Waals surface area contributed by atoms with Crippen molar-refractivity contribution in [1.29, 1.82) is 0 Å². The highest BCUT2D eigenvalue weighted by molar-refractivity contribution is 5.95. The number of hydrogen-bond donors (Lipinski definition) is 7. The number of carbonyl (C=O) groups is 7. The summed E-state index contributed by atoms with van der Waals surface area (Å²) in [6, 6.07) is 10.6. The van der Waals surface area contributed by atoms with Crippen LogP contribution in [0.3, 0.4) is 0 Å². The van der Waals surface area contributed by atoms with Gasteiger partial charge >= 0.3 is 12.2 Å². The number of alkyl carbamates (subject to hydrolysis) is 1. The molecule has 0 saturated carbocycles. The molecule has 58 heavy (non-hydrogen) atoms. The Morgan fingerprint density at radius 2 is 1.19 bits per heavy atom. The van der Waals surface area contributed by atoms with E-state index in [4.69, 9.17) is 25.7 Å². The first-order chi connectivity index (χ1) is 27.0. The van der Waals surface area contributed by atoms with Gasteiger partial charge in [-0.1, -0.05) is 56.3 Å². The van der Waals surface area contributed by atoms with E-state index >= 15 is 0 Å². The van der Waals surface area contributed by atoms with Gasteiger partial charge in [0.1, 0.15) is 41.1 Å². The van der Waals surface area contributed by atoms with Crippen LogP contribution in [0.1, 0.15) is 85.8 Å². The minimum absolute atomic E-state index is 0.0464. The third kappa shape index (κ3) is 19.4. The van der Waals surface area contributed by atoms with E-state index in [1.165, 1.54) is 12.1 Å². The fourth-order valence-electron chi connectivity index (χ4n) is 5.40. The highest BCUT2D eigenvalue weighted by atomic mass is 16.7. The van der Waals surface area contributed by atoms with Crippen LogP contribution in [-0.4, -0.2) is 90.2 Å². The van der Waals surface area contributed by atoms with Gasteiger partial charge in [0.25, 0.3) is 0 Å². The fraction of sp³-hybridized carbons (Fsp3) is 0.537. The maximum absolute atomic E-state index is 13.8. The van der Waals surface area contributed by atoms with Crippen molar-refractivity contribution in [3.8, 4) is 5.75 Å². The molecule has 2 rings (SSSR count). The predicted octanol–water partition coefficient (Wildman–Crippen LogP) is 2.52. The second-order valence-electron chi connectivity index (χ2n) is 16.2. The lowest BCUT2D eigenvalue weighted by Gasteiger charge is -2.25. The van der Waals surface area contributed by atoms with Gasteiger partial charge in [0.15, 0.2) is 0 Å². The van der Waals surface area contributed by atoms with E-state index in [9.17, 15) is 33.6 Å². The first-order valence-corrected chi connectivity index (χ1v) is 19.3. The summed E-state index contributed by atoms with van der Waals surface area (Å²) in [5, 5.41) is 13.0. The molecule has 4 atom stereocenters. The van der Waals surface area contributed by atoms with Gasteiger partial charge in [0.05, 0.1) is 6.54 Å². The number of amides is 6. The topological polar surface area (TPSA) is 259 Å². The molecule has 0 aliphatic rings. The molecule has 2 aromatic carbocycles. The summed E-state index contributed by atoms with van der Waals surface area (Å²) < 4.78 is 15.8. The summed E-state index contributed by atoms with van der Waals surface area (Å²) in [5.41, 5.74) is 10.9. The van der Waals surface area contributed by atoms with Crippen LogP contribution in [0.4, 0.5) is 9.59 Å². The third-order valence-corrected chi connectivity index (χ3v) is 8.02. The Labute approximate surface area is 340 Å². The lowest BCUT2D eigenvalue weighted by molar-refractivity contribution is -0.133.